The molecule has 0 radical (unpaired) electrons. The van der Waals surface area contributed by atoms with Gasteiger partial charge in [0.2, 0.25) is 0 Å². The zero-order chi connectivity index (χ0) is 20.2. The van der Waals surface area contributed by atoms with E-state index >= 15 is 0 Å². The van der Waals surface area contributed by atoms with Crippen LogP contribution in [0.1, 0.15) is 19.8 Å². The SMILES string of the molecule is CC1(NC(=O)O)CCN(c2cnc3nc(Cl)ccc3n2)CC1.O=P(O)(O)O.[KH]. The number of phosphoric acid groups is 1. The Morgan fingerprint density at radius 3 is 2.36 bits per heavy atom. The van der Waals surface area contributed by atoms with Crippen molar-refractivity contribution in [3.63, 3.8) is 0 Å². The summed E-state index contributed by atoms with van der Waals surface area (Å²) in [4.78, 5) is 47.5. The van der Waals surface area contributed by atoms with Gasteiger partial charge in [-0.3, -0.25) is 0 Å². The first-order chi connectivity index (χ1) is 12.5. The number of piperidine rings is 1. The number of carboxylic acid groups (broad SMARTS) is 1. The molecule has 28 heavy (non-hydrogen) atoms. The fourth-order valence-corrected chi connectivity index (χ4v) is 2.78. The molecule has 2 aromatic heterocycles. The molecule has 0 unspecified atom stereocenters. The molecule has 0 spiro atoms. The molecular formula is C14H20ClKN5O6P. The van der Waals surface area contributed by atoms with Crippen LogP contribution in [0.2, 0.25) is 5.15 Å². The number of anilines is 1. The third-order valence-corrected chi connectivity index (χ3v) is 4.17. The molecule has 1 aliphatic rings. The van der Waals surface area contributed by atoms with Gasteiger partial charge in [0.15, 0.2) is 5.65 Å². The van der Waals surface area contributed by atoms with Crippen molar-refractivity contribution in [1.82, 2.24) is 20.3 Å². The summed E-state index contributed by atoms with van der Waals surface area (Å²) in [7, 11) is -4.64. The Bertz CT molecular complexity index is 868. The van der Waals surface area contributed by atoms with Crippen molar-refractivity contribution < 1.29 is 29.1 Å². The molecule has 0 atom stereocenters. The van der Waals surface area contributed by atoms with Gasteiger partial charge in [0.05, 0.1) is 6.20 Å². The van der Waals surface area contributed by atoms with Crippen molar-refractivity contribution in [2.45, 2.75) is 25.3 Å². The summed E-state index contributed by atoms with van der Waals surface area (Å²) in [6, 6.07) is 3.48. The van der Waals surface area contributed by atoms with E-state index in [0.29, 0.717) is 16.3 Å². The minimum absolute atomic E-state index is 0. The monoisotopic (exact) mass is 459 g/mol. The number of carbonyl (C=O) groups is 1. The second-order valence-corrected chi connectivity index (χ2v) is 7.61. The molecule has 0 aliphatic carbocycles. The van der Waals surface area contributed by atoms with E-state index in [-0.39, 0.29) is 56.9 Å². The van der Waals surface area contributed by atoms with E-state index in [1.165, 1.54) is 0 Å². The third-order valence-electron chi connectivity index (χ3n) is 3.96. The Morgan fingerprint density at radius 1 is 1.25 bits per heavy atom. The van der Waals surface area contributed by atoms with E-state index in [1.807, 2.05) is 6.92 Å². The number of pyridine rings is 1. The molecule has 0 saturated carbocycles. The van der Waals surface area contributed by atoms with E-state index in [1.54, 1.807) is 18.3 Å². The first-order valence-corrected chi connectivity index (χ1v) is 9.73. The number of aromatic nitrogens is 3. The van der Waals surface area contributed by atoms with Crippen LogP contribution in [-0.2, 0) is 4.57 Å². The van der Waals surface area contributed by atoms with Crippen molar-refractivity contribution in [3.8, 4) is 0 Å². The summed E-state index contributed by atoms with van der Waals surface area (Å²) in [5.41, 5.74) is 0.825. The van der Waals surface area contributed by atoms with Crippen molar-refractivity contribution in [2.24, 2.45) is 0 Å². The normalized spacial score (nSPS) is 15.8. The van der Waals surface area contributed by atoms with Crippen LogP contribution in [0.3, 0.4) is 0 Å². The molecule has 5 N–H and O–H groups in total. The van der Waals surface area contributed by atoms with E-state index in [9.17, 15) is 4.79 Å². The third kappa shape index (κ3) is 8.53. The van der Waals surface area contributed by atoms with Crippen molar-refractivity contribution >= 4 is 93.9 Å². The molecule has 1 amide bonds. The number of fused-ring (bicyclic) bond motifs is 1. The van der Waals surface area contributed by atoms with Crippen LogP contribution in [0, 0.1) is 0 Å². The first-order valence-electron chi connectivity index (χ1n) is 7.79. The Labute approximate surface area is 208 Å². The molecule has 2 aromatic rings. The number of rotatable bonds is 2. The Kier molecular flexibility index (Phi) is 9.68. The Morgan fingerprint density at radius 2 is 1.82 bits per heavy atom. The summed E-state index contributed by atoms with van der Waals surface area (Å²) < 4.78 is 8.88. The Hall–Kier alpha value is -0.404. The molecule has 1 aliphatic heterocycles. The van der Waals surface area contributed by atoms with Gasteiger partial charge in [-0.1, -0.05) is 11.6 Å². The van der Waals surface area contributed by atoms with Gasteiger partial charge in [0.1, 0.15) is 16.5 Å². The van der Waals surface area contributed by atoms with E-state index < -0.39 is 13.9 Å². The van der Waals surface area contributed by atoms with Crippen LogP contribution >= 0.6 is 19.4 Å². The topological polar surface area (TPSA) is 169 Å². The second-order valence-electron chi connectivity index (χ2n) is 6.20. The predicted molar refractivity (Wildman–Crippen MR) is 105 cm³/mol. The molecule has 3 heterocycles. The summed E-state index contributed by atoms with van der Waals surface area (Å²) >= 11 is 5.84. The number of nitrogens with zero attached hydrogens (tertiary/aromatic N) is 4. The number of hydrogen-bond donors (Lipinski definition) is 5. The summed E-state index contributed by atoms with van der Waals surface area (Å²) in [6.45, 7) is 3.37. The summed E-state index contributed by atoms with van der Waals surface area (Å²) in [6.07, 6.45) is 2.14. The number of halogens is 1. The first kappa shape index (κ1) is 25.6. The van der Waals surface area contributed by atoms with E-state index in [4.69, 9.17) is 36.0 Å². The van der Waals surface area contributed by atoms with Crippen LogP contribution in [0.25, 0.3) is 11.2 Å². The fraction of sp³-hybridized carbons (Fsp3) is 0.429. The van der Waals surface area contributed by atoms with Gasteiger partial charge in [-0.05, 0) is 31.9 Å². The zero-order valence-electron chi connectivity index (χ0n) is 14.3. The molecule has 14 heteroatoms. The van der Waals surface area contributed by atoms with Crippen LogP contribution < -0.4 is 10.2 Å². The molecule has 11 nitrogen and oxygen atoms in total. The van der Waals surface area contributed by atoms with Crippen LogP contribution in [0.5, 0.6) is 0 Å². The zero-order valence-corrected chi connectivity index (χ0v) is 15.9. The van der Waals surface area contributed by atoms with Gasteiger partial charge >= 0.3 is 65.3 Å². The van der Waals surface area contributed by atoms with Crippen molar-refractivity contribution in [1.29, 1.82) is 0 Å². The van der Waals surface area contributed by atoms with Gasteiger partial charge in [-0.2, -0.15) is 0 Å². The summed E-state index contributed by atoms with van der Waals surface area (Å²) in [5, 5.41) is 11.9. The number of amides is 1. The predicted octanol–water partition coefficient (Wildman–Crippen LogP) is 0.728. The average molecular weight is 460 g/mol. The van der Waals surface area contributed by atoms with Crippen molar-refractivity contribution in [2.75, 3.05) is 18.0 Å². The molecule has 1 saturated heterocycles. The average Bonchev–Trinajstić information content (AvgIpc) is 2.52. The van der Waals surface area contributed by atoms with Crippen LogP contribution in [0.15, 0.2) is 18.3 Å². The molecule has 0 bridgehead atoms. The standard InChI is InChI=1S/C14H16ClN5O2.K.H3O4P.H/c1-14(19-13(21)22)4-6-20(7-5-14)11-8-16-12-9(17-11)2-3-10(15)18-12;;1-5(2,3)4;/h2-3,8,19H,4-7H2,1H3,(H,21,22);;(H3,1,2,3,4);. The van der Waals surface area contributed by atoms with Crippen molar-refractivity contribution in [3.05, 3.63) is 23.5 Å². The van der Waals surface area contributed by atoms with Gasteiger partial charge in [0.25, 0.3) is 0 Å². The van der Waals surface area contributed by atoms with E-state index in [2.05, 4.69) is 25.2 Å². The van der Waals surface area contributed by atoms with Gasteiger partial charge in [0, 0.05) is 18.6 Å². The quantitative estimate of drug-likeness (QED) is 0.245. The van der Waals surface area contributed by atoms with Gasteiger partial charge < -0.3 is 30.0 Å². The maximum atomic E-state index is 10.8. The second kappa shape index (κ2) is 10.6. The minimum atomic E-state index is -4.64. The molecule has 0 aromatic carbocycles. The molecular weight excluding hydrogens is 440 g/mol. The van der Waals surface area contributed by atoms with Crippen LogP contribution in [0.4, 0.5) is 10.6 Å². The number of hydrogen-bond acceptors (Lipinski definition) is 6. The molecule has 150 valence electrons. The molecule has 1 fully saturated rings. The maximum absolute atomic E-state index is 10.8. The fourth-order valence-electron chi connectivity index (χ4n) is 2.64. The Balaban J connectivity index is 0.000000584. The van der Waals surface area contributed by atoms with Gasteiger partial charge in [-0.25, -0.2) is 24.3 Å². The summed E-state index contributed by atoms with van der Waals surface area (Å²) in [5.74, 6) is 0.772. The van der Waals surface area contributed by atoms with Gasteiger partial charge in [-0.15, -0.1) is 0 Å². The van der Waals surface area contributed by atoms with Crippen LogP contribution in [-0.4, -0.2) is 111 Å². The number of nitrogens with one attached hydrogen (secondary N) is 1. The van der Waals surface area contributed by atoms with E-state index in [0.717, 1.165) is 31.7 Å². The molecule has 3 rings (SSSR count).